The molecule has 1 amide bonds. The van der Waals surface area contributed by atoms with Crippen molar-refractivity contribution in [2.45, 2.75) is 65.5 Å². The van der Waals surface area contributed by atoms with E-state index in [0.717, 1.165) is 62.6 Å². The number of carbonyl (C=O) groups is 1. The largest absolute Gasteiger partial charge is 0.381 e. The molecule has 0 N–H and O–H groups in total. The number of benzene rings is 1. The topological polar surface area (TPSA) is 50.6 Å². The molecule has 38 heavy (non-hydrogen) atoms. The molecule has 2 aliphatic rings. The highest BCUT2D eigenvalue weighted by Crippen LogP contribution is 2.34. The Labute approximate surface area is 225 Å². The Morgan fingerprint density at radius 3 is 2.68 bits per heavy atom. The standard InChI is InChI=1S/C31H41FN4O2/c1-20(2)34(5)31(37)27-15-26(32)6-7-28(27)36-19-25(30-21(3)16-33-17-29(30)36)14-23-8-11-35(18-23)22(4)24-9-12-38-13-10-24/h6-7,15-17,19-20,22-24H,8-14,18H2,1-5H3/t22-,23-/m1/s1. The van der Waals surface area contributed by atoms with E-state index in [-0.39, 0.29) is 11.9 Å². The summed E-state index contributed by atoms with van der Waals surface area (Å²) in [6, 6.07) is 5.10. The maximum Gasteiger partial charge on any atom is 0.256 e. The first kappa shape index (κ1) is 26.8. The smallest absolute Gasteiger partial charge is 0.256 e. The third kappa shape index (κ3) is 5.23. The molecule has 2 saturated heterocycles. The summed E-state index contributed by atoms with van der Waals surface area (Å²) in [6.45, 7) is 12.4. The van der Waals surface area contributed by atoms with Gasteiger partial charge in [-0.2, -0.15) is 0 Å². The lowest BCUT2D eigenvalue weighted by molar-refractivity contribution is 0.0348. The zero-order chi connectivity index (χ0) is 27.0. The summed E-state index contributed by atoms with van der Waals surface area (Å²) in [4.78, 5) is 22.2. The summed E-state index contributed by atoms with van der Waals surface area (Å²) in [7, 11) is 1.76. The molecule has 3 aromatic rings. The molecule has 2 aromatic heterocycles. The van der Waals surface area contributed by atoms with Crippen LogP contribution in [0, 0.1) is 24.6 Å². The highest BCUT2D eigenvalue weighted by atomic mass is 19.1. The molecular weight excluding hydrogens is 479 g/mol. The van der Waals surface area contributed by atoms with Crippen LogP contribution >= 0.6 is 0 Å². The fraction of sp³-hybridized carbons (Fsp3) is 0.548. The van der Waals surface area contributed by atoms with E-state index in [2.05, 4.69) is 29.9 Å². The first-order chi connectivity index (χ1) is 18.2. The molecular formula is C31H41FN4O2. The van der Waals surface area contributed by atoms with Crippen LogP contribution in [0.5, 0.6) is 0 Å². The minimum absolute atomic E-state index is 0.00772. The summed E-state index contributed by atoms with van der Waals surface area (Å²) in [5, 5.41) is 1.19. The Hall–Kier alpha value is -2.77. The van der Waals surface area contributed by atoms with E-state index in [0.29, 0.717) is 23.2 Å². The lowest BCUT2D eigenvalue weighted by Gasteiger charge is -2.34. The molecule has 0 spiro atoms. The number of amides is 1. The van der Waals surface area contributed by atoms with Gasteiger partial charge in [0, 0.05) is 56.7 Å². The third-order valence-electron chi connectivity index (χ3n) is 8.87. The monoisotopic (exact) mass is 520 g/mol. The Balaban J connectivity index is 1.46. The number of rotatable bonds is 7. The number of halogens is 1. The average molecular weight is 521 g/mol. The van der Waals surface area contributed by atoms with Crippen LogP contribution in [0.4, 0.5) is 4.39 Å². The van der Waals surface area contributed by atoms with Crippen LogP contribution in [0.1, 0.15) is 61.5 Å². The van der Waals surface area contributed by atoms with Crippen LogP contribution in [0.3, 0.4) is 0 Å². The predicted molar refractivity (Wildman–Crippen MR) is 149 cm³/mol. The van der Waals surface area contributed by atoms with Gasteiger partial charge in [0.25, 0.3) is 5.91 Å². The van der Waals surface area contributed by atoms with Crippen LogP contribution in [-0.4, -0.2) is 70.7 Å². The molecule has 7 heteroatoms. The van der Waals surface area contributed by atoms with E-state index >= 15 is 0 Å². The lowest BCUT2D eigenvalue weighted by Crippen LogP contribution is -2.39. The van der Waals surface area contributed by atoms with E-state index in [4.69, 9.17) is 4.74 Å². The van der Waals surface area contributed by atoms with Crippen LogP contribution in [0.25, 0.3) is 16.6 Å². The Morgan fingerprint density at radius 1 is 1.18 bits per heavy atom. The molecule has 2 aliphatic heterocycles. The zero-order valence-electron chi connectivity index (χ0n) is 23.4. The third-order valence-corrected chi connectivity index (χ3v) is 8.87. The van der Waals surface area contributed by atoms with Gasteiger partial charge >= 0.3 is 0 Å². The van der Waals surface area contributed by atoms with Gasteiger partial charge in [0.05, 0.1) is 23.0 Å². The van der Waals surface area contributed by atoms with Crippen molar-refractivity contribution >= 4 is 16.8 Å². The van der Waals surface area contributed by atoms with E-state index in [1.54, 1.807) is 18.0 Å². The van der Waals surface area contributed by atoms with Gasteiger partial charge in [-0.3, -0.25) is 9.78 Å². The number of ether oxygens (including phenoxy) is 1. The summed E-state index contributed by atoms with van der Waals surface area (Å²) in [6.07, 6.45) is 10.4. The Bertz CT molecular complexity index is 1300. The quantitative estimate of drug-likeness (QED) is 0.405. The molecule has 204 valence electrons. The minimum atomic E-state index is -0.412. The van der Waals surface area contributed by atoms with Crippen molar-refractivity contribution in [2.75, 3.05) is 33.4 Å². The first-order valence-electron chi connectivity index (χ1n) is 14.1. The number of carbonyl (C=O) groups excluding carboxylic acids is 1. The molecule has 0 bridgehead atoms. The second kappa shape index (κ2) is 11.1. The van der Waals surface area contributed by atoms with Gasteiger partial charge in [-0.15, -0.1) is 0 Å². The second-order valence-corrected chi connectivity index (χ2v) is 11.6. The molecule has 0 unspecified atom stereocenters. The van der Waals surface area contributed by atoms with Crippen molar-refractivity contribution in [2.24, 2.45) is 11.8 Å². The fourth-order valence-corrected chi connectivity index (χ4v) is 6.32. The number of hydrogen-bond acceptors (Lipinski definition) is 4. The highest BCUT2D eigenvalue weighted by molar-refractivity contribution is 5.99. The summed E-state index contributed by atoms with van der Waals surface area (Å²) in [5.74, 6) is 0.693. The van der Waals surface area contributed by atoms with E-state index in [9.17, 15) is 9.18 Å². The normalized spacial score (nSPS) is 19.9. The van der Waals surface area contributed by atoms with Gasteiger partial charge in [0.2, 0.25) is 0 Å². The number of nitrogens with zero attached hydrogens (tertiary/aromatic N) is 4. The van der Waals surface area contributed by atoms with Crippen LogP contribution in [-0.2, 0) is 11.2 Å². The van der Waals surface area contributed by atoms with E-state index in [1.807, 2.05) is 30.8 Å². The molecule has 4 heterocycles. The van der Waals surface area contributed by atoms with Crippen LogP contribution in [0.2, 0.25) is 0 Å². The predicted octanol–water partition coefficient (Wildman–Crippen LogP) is 5.63. The van der Waals surface area contributed by atoms with E-state index < -0.39 is 5.82 Å². The van der Waals surface area contributed by atoms with Crippen LogP contribution in [0.15, 0.2) is 36.8 Å². The minimum Gasteiger partial charge on any atom is -0.381 e. The second-order valence-electron chi connectivity index (χ2n) is 11.6. The fourth-order valence-electron chi connectivity index (χ4n) is 6.32. The Morgan fingerprint density at radius 2 is 1.95 bits per heavy atom. The van der Waals surface area contributed by atoms with Crippen molar-refractivity contribution in [3.8, 4) is 5.69 Å². The average Bonchev–Trinajstić information content (AvgIpc) is 3.53. The maximum absolute atomic E-state index is 14.4. The van der Waals surface area contributed by atoms with Gasteiger partial charge in [0.1, 0.15) is 5.82 Å². The molecule has 1 aromatic carbocycles. The molecule has 0 radical (unpaired) electrons. The lowest BCUT2D eigenvalue weighted by atomic mass is 9.92. The summed E-state index contributed by atoms with van der Waals surface area (Å²) < 4.78 is 22.0. The first-order valence-corrected chi connectivity index (χ1v) is 14.1. The molecule has 6 nitrogen and oxygen atoms in total. The SMILES string of the molecule is Cc1cncc2c1c(C[C@H]1CCN([C@H](C)C3CCOCC3)C1)cn2-c1ccc(F)cc1C(=O)N(C)C(C)C. The number of aromatic nitrogens is 2. The van der Waals surface area contributed by atoms with Crippen molar-refractivity contribution < 1.29 is 13.9 Å². The molecule has 5 rings (SSSR count). The Kier molecular flexibility index (Phi) is 7.87. The zero-order valence-corrected chi connectivity index (χ0v) is 23.4. The highest BCUT2D eigenvalue weighted by Gasteiger charge is 2.32. The number of hydrogen-bond donors (Lipinski definition) is 0. The van der Waals surface area contributed by atoms with Crippen molar-refractivity contribution in [3.63, 3.8) is 0 Å². The number of fused-ring (bicyclic) bond motifs is 1. The maximum atomic E-state index is 14.4. The molecule has 0 aliphatic carbocycles. The van der Waals surface area contributed by atoms with Gasteiger partial charge in [-0.25, -0.2) is 4.39 Å². The van der Waals surface area contributed by atoms with Gasteiger partial charge in [-0.1, -0.05) is 0 Å². The van der Waals surface area contributed by atoms with Crippen molar-refractivity contribution in [1.82, 2.24) is 19.4 Å². The summed E-state index contributed by atoms with van der Waals surface area (Å²) >= 11 is 0. The molecule has 2 fully saturated rings. The molecule has 0 saturated carbocycles. The number of pyridine rings is 1. The van der Waals surface area contributed by atoms with Gasteiger partial charge in [-0.05, 0) is 101 Å². The number of aryl methyl sites for hydroxylation is 1. The summed E-state index contributed by atoms with van der Waals surface area (Å²) in [5.41, 5.74) is 4.40. The number of likely N-dealkylation sites (tertiary alicyclic amines) is 1. The van der Waals surface area contributed by atoms with Gasteiger partial charge < -0.3 is 19.1 Å². The van der Waals surface area contributed by atoms with Crippen molar-refractivity contribution in [1.29, 1.82) is 0 Å². The van der Waals surface area contributed by atoms with Crippen LogP contribution < -0.4 is 0 Å². The van der Waals surface area contributed by atoms with E-state index in [1.165, 1.54) is 29.5 Å². The van der Waals surface area contributed by atoms with Gasteiger partial charge in [0.15, 0.2) is 0 Å². The molecule has 2 atom stereocenters. The van der Waals surface area contributed by atoms with Crippen molar-refractivity contribution in [3.05, 3.63) is 59.3 Å².